The Balaban J connectivity index is 1.44. The number of hydrogen-bond donors (Lipinski definition) is 0. The molecule has 0 fully saturated rings. The summed E-state index contributed by atoms with van der Waals surface area (Å²) in [5.74, 6) is 0. The van der Waals surface area contributed by atoms with Gasteiger partial charge in [-0.15, -0.1) is 0 Å². The van der Waals surface area contributed by atoms with Crippen LogP contribution in [0.15, 0.2) is 140 Å². The number of para-hydroxylation sites is 4. The number of benzene rings is 5. The van der Waals surface area contributed by atoms with Crippen molar-refractivity contribution < 1.29 is 0 Å². The molecule has 0 radical (unpaired) electrons. The topological polar surface area (TPSA) is 22.8 Å². The van der Waals surface area contributed by atoms with Crippen molar-refractivity contribution in [1.29, 1.82) is 0 Å². The molecule has 8 aromatic rings. The van der Waals surface area contributed by atoms with Crippen molar-refractivity contribution >= 4 is 43.6 Å². The van der Waals surface area contributed by atoms with Gasteiger partial charge >= 0.3 is 0 Å². The highest BCUT2D eigenvalue weighted by Crippen LogP contribution is 2.40. The van der Waals surface area contributed by atoms with Gasteiger partial charge in [0.1, 0.15) is 0 Å². The van der Waals surface area contributed by atoms with Gasteiger partial charge in [0.2, 0.25) is 0 Å². The quantitative estimate of drug-likeness (QED) is 0.245. The molecule has 0 bridgehead atoms. The van der Waals surface area contributed by atoms with E-state index in [4.69, 9.17) is 4.98 Å². The predicted molar refractivity (Wildman–Crippen MR) is 158 cm³/mol. The third-order valence-electron chi connectivity index (χ3n) is 7.59. The van der Waals surface area contributed by atoms with E-state index >= 15 is 0 Å². The fourth-order valence-electron chi connectivity index (χ4n) is 5.98. The normalized spacial score (nSPS) is 11.7. The summed E-state index contributed by atoms with van der Waals surface area (Å²) in [7, 11) is 0. The molecule has 38 heavy (non-hydrogen) atoms. The van der Waals surface area contributed by atoms with Gasteiger partial charge < -0.3 is 9.13 Å². The summed E-state index contributed by atoms with van der Waals surface area (Å²) < 4.78 is 4.68. The molecule has 0 saturated carbocycles. The summed E-state index contributed by atoms with van der Waals surface area (Å²) in [6.45, 7) is 0. The van der Waals surface area contributed by atoms with Crippen molar-refractivity contribution in [2.45, 2.75) is 0 Å². The summed E-state index contributed by atoms with van der Waals surface area (Å²) >= 11 is 0. The molecule has 178 valence electrons. The minimum absolute atomic E-state index is 1.11. The lowest BCUT2D eigenvalue weighted by molar-refractivity contribution is 1.17. The lowest BCUT2D eigenvalue weighted by atomic mass is 10.00. The predicted octanol–water partition coefficient (Wildman–Crippen LogP) is 8.94. The molecular formula is C35H23N3. The average Bonchev–Trinajstić information content (AvgIpc) is 3.51. The Morgan fingerprint density at radius 2 is 0.974 bits per heavy atom. The molecule has 0 atom stereocenters. The maximum absolute atomic E-state index is 4.74. The Morgan fingerprint density at radius 1 is 0.421 bits per heavy atom. The van der Waals surface area contributed by atoms with Crippen LogP contribution >= 0.6 is 0 Å². The van der Waals surface area contributed by atoms with E-state index in [1.807, 2.05) is 12.4 Å². The second-order valence-electron chi connectivity index (χ2n) is 9.69. The van der Waals surface area contributed by atoms with Crippen LogP contribution in [-0.4, -0.2) is 14.1 Å². The molecule has 0 N–H and O–H groups in total. The van der Waals surface area contributed by atoms with Gasteiger partial charge in [-0.05, 0) is 54.1 Å². The van der Waals surface area contributed by atoms with Crippen molar-refractivity contribution in [1.82, 2.24) is 14.1 Å². The second-order valence-corrected chi connectivity index (χ2v) is 9.69. The van der Waals surface area contributed by atoms with Crippen molar-refractivity contribution in [3.8, 4) is 22.5 Å². The summed E-state index contributed by atoms with van der Waals surface area (Å²) in [5.41, 5.74) is 9.33. The molecule has 0 amide bonds. The second kappa shape index (κ2) is 8.19. The highest BCUT2D eigenvalue weighted by Gasteiger charge is 2.18. The Labute approximate surface area is 219 Å². The van der Waals surface area contributed by atoms with E-state index in [1.54, 1.807) is 0 Å². The summed E-state index contributed by atoms with van der Waals surface area (Å²) in [4.78, 5) is 4.74. The van der Waals surface area contributed by atoms with Crippen LogP contribution in [0.5, 0.6) is 0 Å². The molecule has 0 aliphatic rings. The SMILES string of the molecule is c1ccc(-n2c3ccccc3c3cc(-c4cncc5c4c4ccccc4n5-c4ccccc4)ccc32)cc1. The largest absolute Gasteiger partial charge is 0.309 e. The minimum Gasteiger partial charge on any atom is -0.309 e. The maximum atomic E-state index is 4.74. The van der Waals surface area contributed by atoms with Gasteiger partial charge in [0.15, 0.2) is 0 Å². The number of aromatic nitrogens is 3. The van der Waals surface area contributed by atoms with Gasteiger partial charge in [-0.25, -0.2) is 0 Å². The molecule has 0 spiro atoms. The standard InChI is InChI=1S/C35H23N3/c1-3-11-25(12-4-1)37-31-17-9-7-15-27(31)29-21-24(19-20-33(29)37)30-22-36-23-34-35(30)28-16-8-10-18-32(28)38(34)26-13-5-2-6-14-26/h1-23H. The first-order chi connectivity index (χ1) is 18.9. The van der Waals surface area contributed by atoms with E-state index < -0.39 is 0 Å². The molecule has 0 unspecified atom stereocenters. The third-order valence-corrected chi connectivity index (χ3v) is 7.59. The third kappa shape index (κ3) is 2.99. The van der Waals surface area contributed by atoms with Crippen LogP contribution in [0.4, 0.5) is 0 Å². The Kier molecular flexibility index (Phi) is 4.52. The number of rotatable bonds is 3. The number of nitrogens with zero attached hydrogens (tertiary/aromatic N) is 3. The van der Waals surface area contributed by atoms with E-state index in [2.05, 4.69) is 137 Å². The fraction of sp³-hybridized carbons (Fsp3) is 0. The molecule has 3 aromatic heterocycles. The summed E-state index contributed by atoms with van der Waals surface area (Å²) in [6.07, 6.45) is 4.01. The number of fused-ring (bicyclic) bond motifs is 6. The zero-order valence-corrected chi connectivity index (χ0v) is 20.6. The molecule has 0 saturated heterocycles. The van der Waals surface area contributed by atoms with Crippen molar-refractivity contribution in [3.63, 3.8) is 0 Å². The van der Waals surface area contributed by atoms with E-state index in [9.17, 15) is 0 Å². The molecule has 8 rings (SSSR count). The zero-order valence-electron chi connectivity index (χ0n) is 20.6. The van der Waals surface area contributed by atoms with Gasteiger partial charge in [-0.1, -0.05) is 78.9 Å². The van der Waals surface area contributed by atoms with Crippen molar-refractivity contribution in [2.24, 2.45) is 0 Å². The number of hydrogen-bond acceptors (Lipinski definition) is 1. The highest BCUT2D eigenvalue weighted by molar-refractivity contribution is 6.17. The van der Waals surface area contributed by atoms with E-state index in [0.717, 1.165) is 16.8 Å². The van der Waals surface area contributed by atoms with Crippen LogP contribution in [0.3, 0.4) is 0 Å². The monoisotopic (exact) mass is 485 g/mol. The van der Waals surface area contributed by atoms with Gasteiger partial charge in [0.05, 0.1) is 28.3 Å². The van der Waals surface area contributed by atoms with E-state index in [-0.39, 0.29) is 0 Å². The van der Waals surface area contributed by atoms with Gasteiger partial charge in [-0.2, -0.15) is 0 Å². The van der Waals surface area contributed by atoms with E-state index in [0.29, 0.717) is 0 Å². The first kappa shape index (κ1) is 21.0. The van der Waals surface area contributed by atoms with Crippen LogP contribution in [0.1, 0.15) is 0 Å². The Morgan fingerprint density at radius 3 is 1.68 bits per heavy atom. The van der Waals surface area contributed by atoms with Gasteiger partial charge in [0, 0.05) is 44.7 Å². The molecule has 3 nitrogen and oxygen atoms in total. The van der Waals surface area contributed by atoms with Crippen LogP contribution in [0, 0.1) is 0 Å². The molecule has 0 aliphatic heterocycles. The zero-order chi connectivity index (χ0) is 25.1. The van der Waals surface area contributed by atoms with E-state index in [1.165, 1.54) is 49.3 Å². The Hall–Kier alpha value is -5.15. The van der Waals surface area contributed by atoms with Crippen LogP contribution < -0.4 is 0 Å². The fourth-order valence-corrected chi connectivity index (χ4v) is 5.98. The van der Waals surface area contributed by atoms with Crippen LogP contribution in [0.2, 0.25) is 0 Å². The first-order valence-corrected chi connectivity index (χ1v) is 12.9. The lowest BCUT2D eigenvalue weighted by Crippen LogP contribution is -1.94. The first-order valence-electron chi connectivity index (χ1n) is 12.9. The minimum atomic E-state index is 1.11. The molecule has 5 aromatic carbocycles. The van der Waals surface area contributed by atoms with Crippen molar-refractivity contribution in [3.05, 3.63) is 140 Å². The molecule has 3 heteroatoms. The van der Waals surface area contributed by atoms with Crippen LogP contribution in [-0.2, 0) is 0 Å². The molecular weight excluding hydrogens is 462 g/mol. The van der Waals surface area contributed by atoms with Gasteiger partial charge in [0.25, 0.3) is 0 Å². The lowest BCUT2D eigenvalue weighted by Gasteiger charge is -2.09. The van der Waals surface area contributed by atoms with Crippen molar-refractivity contribution in [2.75, 3.05) is 0 Å². The van der Waals surface area contributed by atoms with Crippen LogP contribution in [0.25, 0.3) is 66.1 Å². The summed E-state index contributed by atoms with van der Waals surface area (Å²) in [5, 5.41) is 4.95. The smallest absolute Gasteiger partial charge is 0.0730 e. The van der Waals surface area contributed by atoms with Gasteiger partial charge in [-0.3, -0.25) is 4.98 Å². The maximum Gasteiger partial charge on any atom is 0.0730 e. The molecule has 3 heterocycles. The average molecular weight is 486 g/mol. The summed E-state index contributed by atoms with van der Waals surface area (Å²) in [6, 6.07) is 45.3. The number of pyridine rings is 1. The molecule has 0 aliphatic carbocycles. The Bertz CT molecular complexity index is 2120. The highest BCUT2D eigenvalue weighted by atomic mass is 15.0.